The van der Waals surface area contributed by atoms with Crippen LogP contribution < -0.4 is 0 Å². The molecule has 6 heteroatoms. The summed E-state index contributed by atoms with van der Waals surface area (Å²) in [5.74, 6) is -0.140. The van der Waals surface area contributed by atoms with E-state index in [1.54, 1.807) is 0 Å². The minimum atomic E-state index is -4.38. The summed E-state index contributed by atoms with van der Waals surface area (Å²) in [6.07, 6.45) is -3.23. The van der Waals surface area contributed by atoms with Crippen molar-refractivity contribution < 1.29 is 18.3 Å². The van der Waals surface area contributed by atoms with Gasteiger partial charge in [0.15, 0.2) is 0 Å². The summed E-state index contributed by atoms with van der Waals surface area (Å²) in [5.41, 5.74) is 0.0272. The fourth-order valence-electron chi connectivity index (χ4n) is 1.49. The van der Waals surface area contributed by atoms with Gasteiger partial charge in [0.1, 0.15) is 10.9 Å². The van der Waals surface area contributed by atoms with Crippen molar-refractivity contribution in [3.8, 4) is 16.9 Å². The van der Waals surface area contributed by atoms with E-state index >= 15 is 0 Å². The number of benzene rings is 1. The van der Waals surface area contributed by atoms with Crippen molar-refractivity contribution in [3.05, 3.63) is 47.2 Å². The lowest BCUT2D eigenvalue weighted by Crippen LogP contribution is -2.03. The number of hydrogen-bond acceptors (Lipinski definition) is 2. The molecule has 0 amide bonds. The number of aromatic hydroxyl groups is 1. The lowest BCUT2D eigenvalue weighted by molar-refractivity contribution is -0.137. The van der Waals surface area contributed by atoms with Crippen LogP contribution in [-0.4, -0.2) is 10.1 Å². The molecule has 0 aliphatic carbocycles. The molecule has 2 aromatic rings. The average molecular weight is 274 g/mol. The minimum absolute atomic E-state index is 0.140. The van der Waals surface area contributed by atoms with Crippen molar-refractivity contribution in [1.82, 2.24) is 4.98 Å². The highest BCUT2D eigenvalue weighted by atomic mass is 35.5. The molecule has 94 valence electrons. The molecule has 0 unspecified atom stereocenters. The largest absolute Gasteiger partial charge is 0.506 e. The standard InChI is InChI=1S/C12H7ClF3NO/c13-11-5-9(10(18)6-17-11)7-1-3-8(4-2-7)12(14,15)16/h1-6,18H. The Morgan fingerprint density at radius 2 is 1.72 bits per heavy atom. The van der Waals surface area contributed by atoms with Gasteiger partial charge >= 0.3 is 6.18 Å². The Morgan fingerprint density at radius 3 is 2.28 bits per heavy atom. The van der Waals surface area contributed by atoms with Crippen LogP contribution in [0.3, 0.4) is 0 Å². The molecule has 0 bridgehead atoms. The highest BCUT2D eigenvalue weighted by molar-refractivity contribution is 6.29. The van der Waals surface area contributed by atoms with Gasteiger partial charge in [0, 0.05) is 5.56 Å². The molecule has 0 spiro atoms. The predicted octanol–water partition coefficient (Wildman–Crippen LogP) is 4.13. The maximum Gasteiger partial charge on any atom is 0.416 e. The van der Waals surface area contributed by atoms with Gasteiger partial charge in [-0.2, -0.15) is 13.2 Å². The van der Waals surface area contributed by atoms with E-state index in [9.17, 15) is 18.3 Å². The molecule has 0 atom stereocenters. The molecule has 1 aromatic carbocycles. The Kier molecular flexibility index (Phi) is 3.17. The minimum Gasteiger partial charge on any atom is -0.506 e. The molecule has 0 aliphatic rings. The fraction of sp³-hybridized carbons (Fsp3) is 0.0833. The van der Waals surface area contributed by atoms with Gasteiger partial charge in [-0.1, -0.05) is 23.7 Å². The van der Waals surface area contributed by atoms with E-state index in [1.807, 2.05) is 0 Å². The second-order valence-corrected chi connectivity index (χ2v) is 3.99. The van der Waals surface area contributed by atoms with Gasteiger partial charge in [0.05, 0.1) is 11.8 Å². The molecule has 0 saturated carbocycles. The van der Waals surface area contributed by atoms with E-state index in [2.05, 4.69) is 4.98 Å². The van der Waals surface area contributed by atoms with Crippen molar-refractivity contribution in [2.45, 2.75) is 6.18 Å². The average Bonchev–Trinajstić information content (AvgIpc) is 2.31. The summed E-state index contributed by atoms with van der Waals surface area (Å²) in [6, 6.07) is 5.83. The summed E-state index contributed by atoms with van der Waals surface area (Å²) in [7, 11) is 0. The van der Waals surface area contributed by atoms with Crippen LogP contribution in [0.2, 0.25) is 5.15 Å². The number of alkyl halides is 3. The van der Waals surface area contributed by atoms with Crippen LogP contribution in [0.1, 0.15) is 5.56 Å². The molecule has 0 radical (unpaired) electrons. The van der Waals surface area contributed by atoms with Gasteiger partial charge in [0.25, 0.3) is 0 Å². The van der Waals surface area contributed by atoms with Crippen LogP contribution >= 0.6 is 11.6 Å². The van der Waals surface area contributed by atoms with Gasteiger partial charge in [-0.05, 0) is 23.8 Å². The second-order valence-electron chi connectivity index (χ2n) is 3.60. The third-order valence-corrected chi connectivity index (χ3v) is 2.58. The van der Waals surface area contributed by atoms with E-state index < -0.39 is 11.7 Å². The van der Waals surface area contributed by atoms with E-state index in [-0.39, 0.29) is 10.9 Å². The summed E-state index contributed by atoms with van der Waals surface area (Å²) in [4.78, 5) is 3.66. The predicted molar refractivity (Wildman–Crippen MR) is 61.3 cm³/mol. The van der Waals surface area contributed by atoms with Gasteiger partial charge in [-0.3, -0.25) is 0 Å². The maximum absolute atomic E-state index is 12.4. The van der Waals surface area contributed by atoms with Crippen LogP contribution in [0.4, 0.5) is 13.2 Å². The quantitative estimate of drug-likeness (QED) is 0.793. The first-order valence-corrected chi connectivity index (χ1v) is 5.28. The number of halogens is 4. The van der Waals surface area contributed by atoms with E-state index in [1.165, 1.54) is 18.2 Å². The van der Waals surface area contributed by atoms with Crippen molar-refractivity contribution >= 4 is 11.6 Å². The molecule has 0 fully saturated rings. The molecular formula is C12H7ClF3NO. The number of nitrogens with zero attached hydrogens (tertiary/aromatic N) is 1. The van der Waals surface area contributed by atoms with Gasteiger partial charge in [0.2, 0.25) is 0 Å². The highest BCUT2D eigenvalue weighted by Gasteiger charge is 2.30. The molecule has 0 aliphatic heterocycles. The van der Waals surface area contributed by atoms with Crippen LogP contribution in [0, 0.1) is 0 Å². The molecule has 18 heavy (non-hydrogen) atoms. The van der Waals surface area contributed by atoms with Crippen molar-refractivity contribution in [1.29, 1.82) is 0 Å². The molecule has 2 rings (SSSR count). The lowest BCUT2D eigenvalue weighted by atomic mass is 10.0. The third-order valence-electron chi connectivity index (χ3n) is 2.37. The smallest absolute Gasteiger partial charge is 0.416 e. The number of aromatic nitrogens is 1. The molecule has 1 N–H and O–H groups in total. The zero-order chi connectivity index (χ0) is 13.3. The van der Waals surface area contributed by atoms with Crippen LogP contribution in [0.15, 0.2) is 36.5 Å². The topological polar surface area (TPSA) is 33.1 Å². The van der Waals surface area contributed by atoms with Crippen molar-refractivity contribution in [2.24, 2.45) is 0 Å². The summed E-state index contributed by atoms with van der Waals surface area (Å²) < 4.78 is 37.2. The summed E-state index contributed by atoms with van der Waals surface area (Å²) in [5, 5.41) is 9.73. The Balaban J connectivity index is 2.43. The Morgan fingerprint density at radius 1 is 1.11 bits per heavy atom. The Bertz CT molecular complexity index is 567. The maximum atomic E-state index is 12.4. The Labute approximate surface area is 106 Å². The van der Waals surface area contributed by atoms with E-state index in [4.69, 9.17) is 11.6 Å². The first-order valence-electron chi connectivity index (χ1n) is 4.90. The summed E-state index contributed by atoms with van der Waals surface area (Å²) >= 11 is 5.67. The van der Waals surface area contributed by atoms with Crippen molar-refractivity contribution in [2.75, 3.05) is 0 Å². The summed E-state index contributed by atoms with van der Waals surface area (Å²) in [6.45, 7) is 0. The monoisotopic (exact) mass is 273 g/mol. The molecule has 0 saturated heterocycles. The molecular weight excluding hydrogens is 267 g/mol. The lowest BCUT2D eigenvalue weighted by Gasteiger charge is -2.08. The van der Waals surface area contributed by atoms with Crippen LogP contribution in [-0.2, 0) is 6.18 Å². The van der Waals surface area contributed by atoms with Gasteiger partial charge in [-0.15, -0.1) is 0 Å². The first kappa shape index (κ1) is 12.7. The van der Waals surface area contributed by atoms with E-state index in [0.717, 1.165) is 18.3 Å². The highest BCUT2D eigenvalue weighted by Crippen LogP contribution is 2.34. The van der Waals surface area contributed by atoms with Crippen LogP contribution in [0.5, 0.6) is 5.75 Å². The SMILES string of the molecule is Oc1cnc(Cl)cc1-c1ccc(C(F)(F)F)cc1. The zero-order valence-electron chi connectivity index (χ0n) is 8.87. The second kappa shape index (κ2) is 4.49. The number of hydrogen-bond donors (Lipinski definition) is 1. The zero-order valence-corrected chi connectivity index (χ0v) is 9.63. The van der Waals surface area contributed by atoms with Crippen molar-refractivity contribution in [3.63, 3.8) is 0 Å². The van der Waals surface area contributed by atoms with E-state index in [0.29, 0.717) is 11.1 Å². The first-order chi connectivity index (χ1) is 8.38. The molecule has 1 aromatic heterocycles. The molecule has 2 nitrogen and oxygen atoms in total. The number of rotatable bonds is 1. The van der Waals surface area contributed by atoms with Gasteiger partial charge in [-0.25, -0.2) is 4.98 Å². The Hall–Kier alpha value is -1.75. The molecule has 1 heterocycles. The normalized spacial score (nSPS) is 11.6. The van der Waals surface area contributed by atoms with Gasteiger partial charge < -0.3 is 5.11 Å². The van der Waals surface area contributed by atoms with Crippen LogP contribution in [0.25, 0.3) is 11.1 Å². The third kappa shape index (κ3) is 2.56. The number of pyridine rings is 1. The fourth-order valence-corrected chi connectivity index (χ4v) is 1.65.